The number of aliphatic hydroxyl groups is 1. The van der Waals surface area contributed by atoms with Gasteiger partial charge in [0, 0.05) is 18.8 Å². The lowest BCUT2D eigenvalue weighted by Gasteiger charge is -2.17. The van der Waals surface area contributed by atoms with Crippen LogP contribution in [0.15, 0.2) is 29.3 Å². The Balaban J connectivity index is 2.26. The number of para-hydroxylation sites is 1. The molecule has 3 nitrogen and oxygen atoms in total. The van der Waals surface area contributed by atoms with Crippen molar-refractivity contribution >= 4 is 12.0 Å². The molecule has 0 spiro atoms. The molecule has 1 aromatic carbocycles. The maximum absolute atomic E-state index is 8.93. The molecular formula is C11H14N2O. The lowest BCUT2D eigenvalue weighted by molar-refractivity contribution is 0.300. The number of rotatable bonds is 3. The van der Waals surface area contributed by atoms with E-state index in [4.69, 9.17) is 5.11 Å². The van der Waals surface area contributed by atoms with Crippen LogP contribution in [-0.4, -0.2) is 31.1 Å². The van der Waals surface area contributed by atoms with Gasteiger partial charge in [0.25, 0.3) is 0 Å². The number of hydrogen-bond acceptors (Lipinski definition) is 3. The Morgan fingerprint density at radius 2 is 2.21 bits per heavy atom. The molecule has 0 aromatic heterocycles. The molecule has 0 saturated heterocycles. The van der Waals surface area contributed by atoms with E-state index in [1.54, 1.807) is 0 Å². The first-order valence-electron chi connectivity index (χ1n) is 4.87. The zero-order chi connectivity index (χ0) is 9.80. The van der Waals surface area contributed by atoms with E-state index in [1.165, 1.54) is 11.3 Å². The number of benzene rings is 1. The topological polar surface area (TPSA) is 35.8 Å². The van der Waals surface area contributed by atoms with Crippen LogP contribution >= 0.6 is 0 Å². The highest BCUT2D eigenvalue weighted by Gasteiger charge is 2.11. The highest BCUT2D eigenvalue weighted by Crippen LogP contribution is 2.20. The fraction of sp³-hybridized carbons (Fsp3) is 0.364. The van der Waals surface area contributed by atoms with Gasteiger partial charge in [-0.05, 0) is 18.1 Å². The van der Waals surface area contributed by atoms with Crippen LogP contribution in [-0.2, 0) is 6.42 Å². The van der Waals surface area contributed by atoms with Crippen LogP contribution in [0, 0.1) is 0 Å². The van der Waals surface area contributed by atoms with E-state index in [1.807, 2.05) is 18.5 Å². The molecule has 0 amide bonds. The Kier molecular flexibility index (Phi) is 2.79. The number of anilines is 1. The van der Waals surface area contributed by atoms with Gasteiger partial charge in [-0.3, -0.25) is 4.99 Å². The molecule has 2 rings (SSSR count). The van der Waals surface area contributed by atoms with Gasteiger partial charge in [-0.15, -0.1) is 0 Å². The summed E-state index contributed by atoms with van der Waals surface area (Å²) in [6.45, 7) is 2.01. The van der Waals surface area contributed by atoms with Crippen molar-refractivity contribution in [2.45, 2.75) is 6.42 Å². The normalized spacial score (nSPS) is 15.1. The fourth-order valence-electron chi connectivity index (χ4n) is 1.69. The summed E-state index contributed by atoms with van der Waals surface area (Å²) < 4.78 is 0. The summed E-state index contributed by atoms with van der Waals surface area (Å²) in [6.07, 6.45) is 2.58. The number of hydrogen-bond donors (Lipinski definition) is 1. The van der Waals surface area contributed by atoms with Gasteiger partial charge in [-0.2, -0.15) is 0 Å². The summed E-state index contributed by atoms with van der Waals surface area (Å²) >= 11 is 0. The van der Waals surface area contributed by atoms with Crippen molar-refractivity contribution in [3.63, 3.8) is 0 Å². The van der Waals surface area contributed by atoms with Crippen LogP contribution in [0.25, 0.3) is 0 Å². The molecule has 1 heterocycles. The minimum Gasteiger partial charge on any atom is -0.396 e. The van der Waals surface area contributed by atoms with Crippen molar-refractivity contribution in [2.24, 2.45) is 4.99 Å². The number of nitrogens with zero attached hydrogens (tertiary/aromatic N) is 2. The predicted molar refractivity (Wildman–Crippen MR) is 57.9 cm³/mol. The fourth-order valence-corrected chi connectivity index (χ4v) is 1.69. The third-order valence-corrected chi connectivity index (χ3v) is 2.37. The maximum atomic E-state index is 8.93. The van der Waals surface area contributed by atoms with Crippen LogP contribution in [0.1, 0.15) is 5.56 Å². The highest BCUT2D eigenvalue weighted by molar-refractivity contribution is 5.82. The minimum atomic E-state index is 0.196. The Morgan fingerprint density at radius 1 is 1.36 bits per heavy atom. The molecule has 1 aliphatic heterocycles. The van der Waals surface area contributed by atoms with Gasteiger partial charge in [0.05, 0.1) is 12.9 Å². The molecule has 0 aliphatic carbocycles. The van der Waals surface area contributed by atoms with Crippen molar-refractivity contribution in [1.29, 1.82) is 0 Å². The largest absolute Gasteiger partial charge is 0.396 e. The van der Waals surface area contributed by atoms with Crippen LogP contribution < -0.4 is 4.90 Å². The van der Waals surface area contributed by atoms with Gasteiger partial charge in [0.2, 0.25) is 0 Å². The molecule has 3 heteroatoms. The van der Waals surface area contributed by atoms with E-state index in [0.717, 1.165) is 13.1 Å². The van der Waals surface area contributed by atoms with E-state index in [2.05, 4.69) is 22.0 Å². The molecule has 0 saturated carbocycles. The Morgan fingerprint density at radius 3 is 2.93 bits per heavy atom. The lowest BCUT2D eigenvalue weighted by atomic mass is 10.1. The zero-order valence-corrected chi connectivity index (χ0v) is 8.06. The van der Waals surface area contributed by atoms with E-state index in [9.17, 15) is 0 Å². The molecule has 0 fully saturated rings. The van der Waals surface area contributed by atoms with Gasteiger partial charge < -0.3 is 10.0 Å². The second-order valence-electron chi connectivity index (χ2n) is 3.32. The summed E-state index contributed by atoms with van der Waals surface area (Å²) in [6, 6.07) is 8.14. The number of aliphatic imine (C=N–C) groups is 1. The van der Waals surface area contributed by atoms with Crippen molar-refractivity contribution in [3.05, 3.63) is 29.8 Å². The average Bonchev–Trinajstić information content (AvgIpc) is 2.72. The first-order valence-corrected chi connectivity index (χ1v) is 4.87. The van der Waals surface area contributed by atoms with Crippen molar-refractivity contribution in [2.75, 3.05) is 24.6 Å². The van der Waals surface area contributed by atoms with Gasteiger partial charge in [0.1, 0.15) is 0 Å². The summed E-state index contributed by atoms with van der Waals surface area (Å²) in [5.41, 5.74) is 2.35. The molecule has 1 N–H and O–H groups in total. The molecule has 1 aliphatic rings. The second-order valence-corrected chi connectivity index (χ2v) is 3.32. The minimum absolute atomic E-state index is 0.196. The maximum Gasteiger partial charge on any atom is 0.0895 e. The van der Waals surface area contributed by atoms with Crippen LogP contribution in [0.5, 0.6) is 0 Å². The third kappa shape index (κ3) is 1.77. The SMILES string of the molecule is OCCc1ccccc1N1C=NCC1. The number of aliphatic hydroxyl groups excluding tert-OH is 1. The van der Waals surface area contributed by atoms with Crippen molar-refractivity contribution in [1.82, 2.24) is 0 Å². The summed E-state index contributed by atoms with van der Waals surface area (Å²) in [4.78, 5) is 6.31. The van der Waals surface area contributed by atoms with Crippen molar-refractivity contribution < 1.29 is 5.11 Å². The van der Waals surface area contributed by atoms with E-state index >= 15 is 0 Å². The molecule has 0 bridgehead atoms. The van der Waals surface area contributed by atoms with Gasteiger partial charge >= 0.3 is 0 Å². The third-order valence-electron chi connectivity index (χ3n) is 2.37. The molecular weight excluding hydrogens is 176 g/mol. The van der Waals surface area contributed by atoms with Gasteiger partial charge in [0.15, 0.2) is 0 Å². The van der Waals surface area contributed by atoms with E-state index < -0.39 is 0 Å². The Bertz CT molecular complexity index is 336. The zero-order valence-electron chi connectivity index (χ0n) is 8.06. The van der Waals surface area contributed by atoms with Crippen LogP contribution in [0.2, 0.25) is 0 Å². The first kappa shape index (κ1) is 9.21. The second kappa shape index (κ2) is 4.24. The molecule has 0 radical (unpaired) electrons. The summed E-state index contributed by atoms with van der Waals surface area (Å²) in [7, 11) is 0. The van der Waals surface area contributed by atoms with Gasteiger partial charge in [-0.1, -0.05) is 18.2 Å². The Hall–Kier alpha value is -1.35. The van der Waals surface area contributed by atoms with Crippen molar-refractivity contribution in [3.8, 4) is 0 Å². The molecule has 1 aromatic rings. The molecule has 0 unspecified atom stereocenters. The first-order chi connectivity index (χ1) is 6.92. The smallest absolute Gasteiger partial charge is 0.0895 e. The van der Waals surface area contributed by atoms with E-state index in [0.29, 0.717) is 6.42 Å². The highest BCUT2D eigenvalue weighted by atomic mass is 16.2. The van der Waals surface area contributed by atoms with Gasteiger partial charge in [-0.25, -0.2) is 0 Å². The van der Waals surface area contributed by atoms with E-state index in [-0.39, 0.29) is 6.61 Å². The summed E-state index contributed by atoms with van der Waals surface area (Å²) in [5.74, 6) is 0. The molecule has 14 heavy (non-hydrogen) atoms. The predicted octanol–water partition coefficient (Wildman–Crippen LogP) is 1.07. The molecule has 74 valence electrons. The van der Waals surface area contributed by atoms with Crippen LogP contribution in [0.4, 0.5) is 5.69 Å². The summed E-state index contributed by atoms with van der Waals surface area (Å²) in [5, 5.41) is 8.93. The Labute approximate surface area is 83.7 Å². The quantitative estimate of drug-likeness (QED) is 0.774. The monoisotopic (exact) mass is 190 g/mol. The lowest BCUT2D eigenvalue weighted by Crippen LogP contribution is -2.19. The standard InChI is InChI=1S/C11H14N2O/c14-8-5-10-3-1-2-4-11(10)13-7-6-12-9-13/h1-4,9,14H,5-8H2. The average molecular weight is 190 g/mol. The van der Waals surface area contributed by atoms with Crippen LogP contribution in [0.3, 0.4) is 0 Å². The molecule has 0 atom stereocenters.